The molecule has 0 saturated heterocycles. The van der Waals surface area contributed by atoms with Gasteiger partial charge >= 0.3 is 0 Å². The summed E-state index contributed by atoms with van der Waals surface area (Å²) in [6.45, 7) is 1.60. The summed E-state index contributed by atoms with van der Waals surface area (Å²) in [5, 5.41) is 12.5. The van der Waals surface area contributed by atoms with Crippen molar-refractivity contribution in [2.45, 2.75) is 12.5 Å². The Bertz CT molecular complexity index is 290. The van der Waals surface area contributed by atoms with Crippen LogP contribution in [0.25, 0.3) is 0 Å². The second-order valence-electron chi connectivity index (χ2n) is 3.69. The predicted octanol–water partition coefficient (Wildman–Crippen LogP) is 0.965. The summed E-state index contributed by atoms with van der Waals surface area (Å²) in [7, 11) is 1.56. The van der Waals surface area contributed by atoms with Crippen molar-refractivity contribution >= 4 is 0 Å². The lowest BCUT2D eigenvalue weighted by atomic mass is 10.1. The quantitative estimate of drug-likeness (QED) is 0.682. The Labute approximate surface area is 95.2 Å². The van der Waals surface area contributed by atoms with E-state index in [1.54, 1.807) is 19.2 Å². The molecule has 4 heteroatoms. The van der Waals surface area contributed by atoms with Crippen LogP contribution in [0.3, 0.4) is 0 Å². The van der Waals surface area contributed by atoms with Gasteiger partial charge in [0.25, 0.3) is 0 Å². The molecule has 1 aromatic carbocycles. The number of aliphatic hydroxyl groups excluding tert-OH is 1. The average Bonchev–Trinajstić information content (AvgIpc) is 2.27. The van der Waals surface area contributed by atoms with Gasteiger partial charge in [0.15, 0.2) is 0 Å². The van der Waals surface area contributed by atoms with Crippen LogP contribution >= 0.6 is 0 Å². The SMILES string of the molecule is COCC(O)CNCCc1ccc(F)cc1. The largest absolute Gasteiger partial charge is 0.389 e. The van der Waals surface area contributed by atoms with Gasteiger partial charge in [-0.25, -0.2) is 4.39 Å². The van der Waals surface area contributed by atoms with Crippen molar-refractivity contribution < 1.29 is 14.2 Å². The summed E-state index contributed by atoms with van der Waals surface area (Å²) in [5.41, 5.74) is 1.08. The molecule has 0 saturated carbocycles. The lowest BCUT2D eigenvalue weighted by molar-refractivity contribution is 0.0648. The first kappa shape index (κ1) is 13.1. The van der Waals surface area contributed by atoms with E-state index in [2.05, 4.69) is 5.32 Å². The molecule has 0 aromatic heterocycles. The highest BCUT2D eigenvalue weighted by atomic mass is 19.1. The topological polar surface area (TPSA) is 41.5 Å². The van der Waals surface area contributed by atoms with Crippen LogP contribution in [-0.4, -0.2) is 38.0 Å². The third-order valence-electron chi connectivity index (χ3n) is 2.24. The van der Waals surface area contributed by atoms with E-state index < -0.39 is 6.10 Å². The molecule has 0 radical (unpaired) electrons. The van der Waals surface area contributed by atoms with Crippen LogP contribution in [0.4, 0.5) is 4.39 Å². The van der Waals surface area contributed by atoms with Gasteiger partial charge in [-0.2, -0.15) is 0 Å². The lowest BCUT2D eigenvalue weighted by Crippen LogP contribution is -2.31. The van der Waals surface area contributed by atoms with Crippen molar-refractivity contribution in [1.82, 2.24) is 5.32 Å². The third-order valence-corrected chi connectivity index (χ3v) is 2.24. The molecule has 1 rings (SSSR count). The van der Waals surface area contributed by atoms with E-state index in [4.69, 9.17) is 4.74 Å². The van der Waals surface area contributed by atoms with E-state index in [-0.39, 0.29) is 5.82 Å². The first-order valence-corrected chi connectivity index (χ1v) is 5.34. The fourth-order valence-electron chi connectivity index (χ4n) is 1.40. The van der Waals surface area contributed by atoms with Crippen molar-refractivity contribution in [2.24, 2.45) is 0 Å². The summed E-state index contributed by atoms with van der Waals surface area (Å²) in [6.07, 6.45) is 0.346. The normalized spacial score (nSPS) is 12.7. The second-order valence-corrected chi connectivity index (χ2v) is 3.69. The van der Waals surface area contributed by atoms with Crippen LogP contribution in [0.15, 0.2) is 24.3 Å². The second kappa shape index (κ2) is 7.33. The molecule has 0 spiro atoms. The Kier molecular flexibility index (Phi) is 6.00. The van der Waals surface area contributed by atoms with Crippen LogP contribution in [0, 0.1) is 5.82 Å². The number of aliphatic hydroxyl groups is 1. The van der Waals surface area contributed by atoms with Crippen LogP contribution in [-0.2, 0) is 11.2 Å². The van der Waals surface area contributed by atoms with Crippen LogP contribution in [0.5, 0.6) is 0 Å². The molecule has 0 aliphatic rings. The molecule has 0 heterocycles. The summed E-state index contributed by atoms with van der Waals surface area (Å²) in [5.74, 6) is -0.216. The molecule has 0 amide bonds. The smallest absolute Gasteiger partial charge is 0.123 e. The maximum atomic E-state index is 12.6. The predicted molar refractivity (Wildman–Crippen MR) is 60.9 cm³/mol. The molecule has 2 N–H and O–H groups in total. The van der Waals surface area contributed by atoms with Gasteiger partial charge in [-0.3, -0.25) is 0 Å². The molecule has 0 fully saturated rings. The van der Waals surface area contributed by atoms with E-state index in [9.17, 15) is 9.50 Å². The van der Waals surface area contributed by atoms with E-state index >= 15 is 0 Å². The number of rotatable bonds is 7. The highest BCUT2D eigenvalue weighted by Gasteiger charge is 2.01. The molecule has 3 nitrogen and oxygen atoms in total. The zero-order valence-electron chi connectivity index (χ0n) is 9.45. The first-order valence-electron chi connectivity index (χ1n) is 5.34. The number of ether oxygens (including phenoxy) is 1. The number of hydrogen-bond donors (Lipinski definition) is 2. The molecule has 0 aliphatic carbocycles. The zero-order chi connectivity index (χ0) is 11.8. The molecule has 1 atom stereocenters. The number of halogens is 1. The Hall–Kier alpha value is -0.970. The number of methoxy groups -OCH3 is 1. The van der Waals surface area contributed by atoms with Gasteiger partial charge < -0.3 is 15.2 Å². The summed E-state index contributed by atoms with van der Waals surface area (Å²) in [4.78, 5) is 0. The van der Waals surface area contributed by atoms with Gasteiger partial charge in [0, 0.05) is 13.7 Å². The van der Waals surface area contributed by atoms with E-state index in [0.29, 0.717) is 13.2 Å². The molecular formula is C12H18FNO2. The van der Waals surface area contributed by atoms with Crippen molar-refractivity contribution in [2.75, 3.05) is 26.8 Å². The summed E-state index contributed by atoms with van der Waals surface area (Å²) < 4.78 is 17.4. The highest BCUT2D eigenvalue weighted by molar-refractivity contribution is 5.16. The minimum atomic E-state index is -0.474. The van der Waals surface area contributed by atoms with Gasteiger partial charge in [0.05, 0.1) is 12.7 Å². The maximum Gasteiger partial charge on any atom is 0.123 e. The number of benzene rings is 1. The minimum absolute atomic E-state index is 0.216. The highest BCUT2D eigenvalue weighted by Crippen LogP contribution is 2.02. The van der Waals surface area contributed by atoms with Crippen molar-refractivity contribution in [3.63, 3.8) is 0 Å². The molecule has 0 aliphatic heterocycles. The molecule has 1 aromatic rings. The maximum absolute atomic E-state index is 12.6. The zero-order valence-corrected chi connectivity index (χ0v) is 9.45. The Morgan fingerprint density at radius 2 is 2.06 bits per heavy atom. The Morgan fingerprint density at radius 1 is 1.38 bits per heavy atom. The Balaban J connectivity index is 2.13. The summed E-state index contributed by atoms with van der Waals surface area (Å²) >= 11 is 0. The minimum Gasteiger partial charge on any atom is -0.389 e. The van der Waals surface area contributed by atoms with Gasteiger partial charge in [0.2, 0.25) is 0 Å². The molecular weight excluding hydrogens is 209 g/mol. The van der Waals surface area contributed by atoms with E-state index in [1.807, 2.05) is 0 Å². The number of hydrogen-bond acceptors (Lipinski definition) is 3. The monoisotopic (exact) mass is 227 g/mol. The average molecular weight is 227 g/mol. The van der Waals surface area contributed by atoms with Crippen molar-refractivity contribution in [3.05, 3.63) is 35.6 Å². The fraction of sp³-hybridized carbons (Fsp3) is 0.500. The van der Waals surface area contributed by atoms with Crippen LogP contribution in [0.1, 0.15) is 5.56 Å². The molecule has 0 bridgehead atoms. The van der Waals surface area contributed by atoms with Crippen LogP contribution < -0.4 is 5.32 Å². The van der Waals surface area contributed by atoms with Gasteiger partial charge in [0.1, 0.15) is 5.82 Å². The molecule has 1 unspecified atom stereocenters. The van der Waals surface area contributed by atoms with Gasteiger partial charge in [-0.05, 0) is 30.7 Å². The molecule has 16 heavy (non-hydrogen) atoms. The number of nitrogens with one attached hydrogen (secondary N) is 1. The first-order chi connectivity index (χ1) is 7.72. The third kappa shape index (κ3) is 5.21. The fourth-order valence-corrected chi connectivity index (χ4v) is 1.40. The van der Waals surface area contributed by atoms with E-state index in [1.165, 1.54) is 12.1 Å². The summed E-state index contributed by atoms with van der Waals surface area (Å²) in [6, 6.07) is 6.44. The van der Waals surface area contributed by atoms with E-state index in [0.717, 1.165) is 18.5 Å². The Morgan fingerprint density at radius 3 is 2.69 bits per heavy atom. The van der Waals surface area contributed by atoms with Crippen molar-refractivity contribution in [1.29, 1.82) is 0 Å². The van der Waals surface area contributed by atoms with Gasteiger partial charge in [-0.15, -0.1) is 0 Å². The standard InChI is InChI=1S/C12H18FNO2/c1-16-9-12(15)8-14-7-6-10-2-4-11(13)5-3-10/h2-5,12,14-15H,6-9H2,1H3. The van der Waals surface area contributed by atoms with Crippen LogP contribution in [0.2, 0.25) is 0 Å². The lowest BCUT2D eigenvalue weighted by Gasteiger charge is -2.10. The van der Waals surface area contributed by atoms with Gasteiger partial charge in [-0.1, -0.05) is 12.1 Å². The van der Waals surface area contributed by atoms with Crippen molar-refractivity contribution in [3.8, 4) is 0 Å². The molecule has 90 valence electrons.